The van der Waals surface area contributed by atoms with Crippen LogP contribution in [0.5, 0.6) is 0 Å². The lowest BCUT2D eigenvalue weighted by Gasteiger charge is -2.21. The van der Waals surface area contributed by atoms with E-state index in [2.05, 4.69) is 5.32 Å². The van der Waals surface area contributed by atoms with Gasteiger partial charge in [-0.05, 0) is 44.9 Å². The van der Waals surface area contributed by atoms with Gasteiger partial charge in [-0.1, -0.05) is 12.2 Å². The third kappa shape index (κ3) is 6.70. The molecule has 114 valence electrons. The van der Waals surface area contributed by atoms with E-state index in [1.54, 1.807) is 12.2 Å². The standard InChI is InChI=1S/C15H25NO4/c1-2-3-6-13(15(18)19)16-14(17)7-4-5-12-8-10-20-11-9-12/h2-3,12-13H,4-11H2,1H3,(H,16,17)(H,18,19)/b3-2+. The fourth-order valence-corrected chi connectivity index (χ4v) is 2.35. The molecule has 0 spiro atoms. The zero-order valence-corrected chi connectivity index (χ0v) is 12.1. The number of carbonyl (C=O) groups is 2. The summed E-state index contributed by atoms with van der Waals surface area (Å²) in [6.07, 6.45) is 8.24. The van der Waals surface area contributed by atoms with Crippen LogP contribution in [0.25, 0.3) is 0 Å². The highest BCUT2D eigenvalue weighted by Crippen LogP contribution is 2.20. The Bertz CT molecular complexity index is 335. The predicted octanol–water partition coefficient (Wildman–Crippen LogP) is 2.12. The van der Waals surface area contributed by atoms with Gasteiger partial charge >= 0.3 is 5.97 Å². The van der Waals surface area contributed by atoms with Crippen LogP contribution in [0.2, 0.25) is 0 Å². The van der Waals surface area contributed by atoms with E-state index in [0.717, 1.165) is 38.9 Å². The molecule has 1 rings (SSSR count). The summed E-state index contributed by atoms with van der Waals surface area (Å²) < 4.78 is 5.29. The van der Waals surface area contributed by atoms with Crippen LogP contribution >= 0.6 is 0 Å². The molecule has 0 bridgehead atoms. The third-order valence-corrected chi connectivity index (χ3v) is 3.60. The molecule has 2 N–H and O–H groups in total. The highest BCUT2D eigenvalue weighted by Gasteiger charge is 2.19. The molecule has 1 aliphatic heterocycles. The first-order chi connectivity index (χ1) is 9.63. The molecule has 0 aliphatic carbocycles. The van der Waals surface area contributed by atoms with Gasteiger partial charge in [0.15, 0.2) is 0 Å². The number of carboxylic acid groups (broad SMARTS) is 1. The summed E-state index contributed by atoms with van der Waals surface area (Å²) in [6, 6.07) is -0.818. The van der Waals surface area contributed by atoms with Crippen molar-refractivity contribution in [3.05, 3.63) is 12.2 Å². The van der Waals surface area contributed by atoms with Gasteiger partial charge in [0.25, 0.3) is 0 Å². The summed E-state index contributed by atoms with van der Waals surface area (Å²) in [5.41, 5.74) is 0. The molecule has 5 nitrogen and oxygen atoms in total. The Kier molecular flexibility index (Phi) is 7.95. The maximum Gasteiger partial charge on any atom is 0.326 e. The largest absolute Gasteiger partial charge is 0.480 e. The number of aliphatic carboxylic acids is 1. The Morgan fingerprint density at radius 3 is 2.70 bits per heavy atom. The fourth-order valence-electron chi connectivity index (χ4n) is 2.35. The molecule has 0 aromatic rings. The number of hydrogen-bond donors (Lipinski definition) is 2. The minimum atomic E-state index is -0.985. The monoisotopic (exact) mass is 283 g/mol. The summed E-state index contributed by atoms with van der Waals surface area (Å²) >= 11 is 0. The molecule has 5 heteroatoms. The molecule has 1 unspecified atom stereocenters. The second-order valence-electron chi connectivity index (χ2n) is 5.21. The van der Waals surface area contributed by atoms with Gasteiger partial charge < -0.3 is 15.2 Å². The quantitative estimate of drug-likeness (QED) is 0.669. The highest BCUT2D eigenvalue weighted by atomic mass is 16.5. The lowest BCUT2D eigenvalue weighted by molar-refractivity contribution is -0.141. The van der Waals surface area contributed by atoms with E-state index < -0.39 is 12.0 Å². The SMILES string of the molecule is C/C=C/CC(NC(=O)CCCC1CCOCC1)C(=O)O. The number of nitrogens with one attached hydrogen (secondary N) is 1. The van der Waals surface area contributed by atoms with Crippen molar-refractivity contribution >= 4 is 11.9 Å². The number of carboxylic acids is 1. The minimum absolute atomic E-state index is 0.172. The van der Waals surface area contributed by atoms with E-state index >= 15 is 0 Å². The van der Waals surface area contributed by atoms with E-state index in [1.807, 2.05) is 6.92 Å². The number of amides is 1. The minimum Gasteiger partial charge on any atom is -0.480 e. The second-order valence-corrected chi connectivity index (χ2v) is 5.21. The molecule has 0 aromatic carbocycles. The van der Waals surface area contributed by atoms with E-state index in [0.29, 0.717) is 18.8 Å². The van der Waals surface area contributed by atoms with Crippen molar-refractivity contribution in [2.24, 2.45) is 5.92 Å². The second kappa shape index (κ2) is 9.53. The van der Waals surface area contributed by atoms with Crippen molar-refractivity contribution in [3.8, 4) is 0 Å². The van der Waals surface area contributed by atoms with Gasteiger partial charge in [-0.3, -0.25) is 4.79 Å². The van der Waals surface area contributed by atoms with Gasteiger partial charge in [0.1, 0.15) is 6.04 Å². The first-order valence-electron chi connectivity index (χ1n) is 7.34. The first kappa shape index (κ1) is 16.7. The summed E-state index contributed by atoms with van der Waals surface area (Å²) in [5.74, 6) is -0.510. The lowest BCUT2D eigenvalue weighted by Crippen LogP contribution is -2.40. The molecule has 0 saturated carbocycles. The molecular formula is C15H25NO4. The van der Waals surface area contributed by atoms with Gasteiger partial charge in [0, 0.05) is 19.6 Å². The average molecular weight is 283 g/mol. The number of allylic oxidation sites excluding steroid dienone is 1. The van der Waals surface area contributed by atoms with Crippen molar-refractivity contribution in [3.63, 3.8) is 0 Å². The molecule has 1 fully saturated rings. The molecule has 1 amide bonds. The molecule has 0 aromatic heterocycles. The van der Waals surface area contributed by atoms with Crippen LogP contribution in [0.3, 0.4) is 0 Å². The van der Waals surface area contributed by atoms with E-state index in [1.165, 1.54) is 0 Å². The predicted molar refractivity (Wildman–Crippen MR) is 76.4 cm³/mol. The van der Waals surface area contributed by atoms with Crippen LogP contribution in [0.4, 0.5) is 0 Å². The Hall–Kier alpha value is -1.36. The maximum absolute atomic E-state index is 11.7. The van der Waals surface area contributed by atoms with Crippen LogP contribution in [0.15, 0.2) is 12.2 Å². The van der Waals surface area contributed by atoms with Crippen LogP contribution < -0.4 is 5.32 Å². The van der Waals surface area contributed by atoms with Crippen molar-refractivity contribution in [2.45, 2.75) is 51.5 Å². The summed E-state index contributed by atoms with van der Waals surface area (Å²) in [4.78, 5) is 22.7. The van der Waals surface area contributed by atoms with Crippen LogP contribution in [-0.2, 0) is 14.3 Å². The smallest absolute Gasteiger partial charge is 0.326 e. The fraction of sp³-hybridized carbons (Fsp3) is 0.733. The first-order valence-corrected chi connectivity index (χ1v) is 7.34. The van der Waals surface area contributed by atoms with Gasteiger partial charge in [0.2, 0.25) is 5.91 Å². The average Bonchev–Trinajstić information content (AvgIpc) is 2.44. The number of hydrogen-bond acceptors (Lipinski definition) is 3. The van der Waals surface area contributed by atoms with Gasteiger partial charge in [-0.25, -0.2) is 4.79 Å². The lowest BCUT2D eigenvalue weighted by atomic mass is 9.94. The Balaban J connectivity index is 2.21. The maximum atomic E-state index is 11.7. The van der Waals surface area contributed by atoms with Crippen molar-refractivity contribution < 1.29 is 19.4 Å². The Labute approximate surface area is 120 Å². The van der Waals surface area contributed by atoms with E-state index in [-0.39, 0.29) is 5.91 Å². The van der Waals surface area contributed by atoms with Crippen LogP contribution in [0, 0.1) is 5.92 Å². The molecular weight excluding hydrogens is 258 g/mol. The zero-order chi connectivity index (χ0) is 14.8. The van der Waals surface area contributed by atoms with E-state index in [4.69, 9.17) is 9.84 Å². The van der Waals surface area contributed by atoms with Crippen LogP contribution in [0.1, 0.15) is 45.4 Å². The van der Waals surface area contributed by atoms with Crippen molar-refractivity contribution in [2.75, 3.05) is 13.2 Å². The zero-order valence-electron chi connectivity index (χ0n) is 12.1. The number of carbonyl (C=O) groups excluding carboxylic acids is 1. The van der Waals surface area contributed by atoms with E-state index in [9.17, 15) is 9.59 Å². The number of rotatable bonds is 8. The molecule has 1 atom stereocenters. The molecule has 0 radical (unpaired) electrons. The van der Waals surface area contributed by atoms with Gasteiger partial charge in [0.05, 0.1) is 0 Å². The molecule has 1 aliphatic rings. The number of ether oxygens (including phenoxy) is 1. The molecule has 20 heavy (non-hydrogen) atoms. The van der Waals surface area contributed by atoms with Gasteiger partial charge in [-0.2, -0.15) is 0 Å². The summed E-state index contributed by atoms with van der Waals surface area (Å²) in [5, 5.41) is 11.6. The topological polar surface area (TPSA) is 75.6 Å². The van der Waals surface area contributed by atoms with Crippen molar-refractivity contribution in [1.29, 1.82) is 0 Å². The Morgan fingerprint density at radius 1 is 1.40 bits per heavy atom. The normalized spacial score (nSPS) is 18.1. The van der Waals surface area contributed by atoms with Gasteiger partial charge in [-0.15, -0.1) is 0 Å². The third-order valence-electron chi connectivity index (χ3n) is 3.60. The van der Waals surface area contributed by atoms with Crippen LogP contribution in [-0.4, -0.2) is 36.2 Å². The van der Waals surface area contributed by atoms with Crippen molar-refractivity contribution in [1.82, 2.24) is 5.32 Å². The summed E-state index contributed by atoms with van der Waals surface area (Å²) in [7, 11) is 0. The highest BCUT2D eigenvalue weighted by molar-refractivity contribution is 5.83. The molecule has 1 saturated heterocycles. The Morgan fingerprint density at radius 2 is 2.10 bits per heavy atom. The molecule has 1 heterocycles. The summed E-state index contributed by atoms with van der Waals surface area (Å²) in [6.45, 7) is 3.47.